The molecule has 0 amide bonds. The van der Waals surface area contributed by atoms with Crippen LogP contribution in [0.25, 0.3) is 0 Å². The van der Waals surface area contributed by atoms with Crippen molar-refractivity contribution in [1.82, 2.24) is 14.9 Å². The molecule has 0 aliphatic carbocycles. The molecule has 0 aliphatic rings. The highest BCUT2D eigenvalue weighted by molar-refractivity contribution is 8.00. The van der Waals surface area contributed by atoms with Crippen molar-refractivity contribution in [2.45, 2.75) is 30.7 Å². The summed E-state index contributed by atoms with van der Waals surface area (Å²) in [6.45, 7) is 4.07. The predicted octanol–water partition coefficient (Wildman–Crippen LogP) is 0.426. The first-order valence-corrected chi connectivity index (χ1v) is 5.55. The molecule has 0 aliphatic heterocycles. The van der Waals surface area contributed by atoms with E-state index in [1.54, 1.807) is 6.92 Å². The summed E-state index contributed by atoms with van der Waals surface area (Å²) in [6.07, 6.45) is 2.05. The highest BCUT2D eigenvalue weighted by atomic mass is 32.2. The molecular formula is C8H14N4O2S. The molecule has 84 valence electrons. The van der Waals surface area contributed by atoms with Crippen LogP contribution in [0.1, 0.15) is 20.3 Å². The van der Waals surface area contributed by atoms with Gasteiger partial charge >= 0.3 is 5.97 Å². The van der Waals surface area contributed by atoms with Gasteiger partial charge in [0, 0.05) is 0 Å². The SMILES string of the molecule is CCOC(=O)C(CC)Sc1nncn1N. The van der Waals surface area contributed by atoms with Crippen LogP contribution in [0.5, 0.6) is 0 Å². The number of thioether (sulfide) groups is 1. The fourth-order valence-electron chi connectivity index (χ4n) is 0.977. The maximum absolute atomic E-state index is 11.5. The van der Waals surface area contributed by atoms with E-state index in [9.17, 15) is 4.79 Å². The first-order chi connectivity index (χ1) is 7.19. The van der Waals surface area contributed by atoms with Gasteiger partial charge in [0.25, 0.3) is 0 Å². The Kier molecular flexibility index (Phi) is 4.41. The maximum Gasteiger partial charge on any atom is 0.319 e. The number of rotatable bonds is 5. The smallest absolute Gasteiger partial charge is 0.319 e. The molecule has 1 atom stereocenters. The van der Waals surface area contributed by atoms with Gasteiger partial charge in [-0.15, -0.1) is 10.2 Å². The molecule has 15 heavy (non-hydrogen) atoms. The van der Waals surface area contributed by atoms with E-state index in [0.717, 1.165) is 0 Å². The van der Waals surface area contributed by atoms with Crippen molar-refractivity contribution < 1.29 is 9.53 Å². The zero-order valence-corrected chi connectivity index (χ0v) is 9.53. The van der Waals surface area contributed by atoms with Gasteiger partial charge in [0.05, 0.1) is 6.61 Å². The Hall–Kier alpha value is -1.24. The van der Waals surface area contributed by atoms with E-state index in [2.05, 4.69) is 10.2 Å². The third kappa shape index (κ3) is 3.12. The third-order valence-corrected chi connectivity index (χ3v) is 3.02. The van der Waals surface area contributed by atoms with Crippen LogP contribution in [-0.2, 0) is 9.53 Å². The number of ether oxygens (including phenoxy) is 1. The standard InChI is InChI=1S/C8H14N4O2S/c1-3-6(7(13)14-4-2)15-8-11-10-5-12(8)9/h5-6H,3-4,9H2,1-2H3. The zero-order valence-electron chi connectivity index (χ0n) is 8.71. The fourth-order valence-corrected chi connectivity index (χ4v) is 1.83. The van der Waals surface area contributed by atoms with Gasteiger partial charge in [-0.2, -0.15) is 0 Å². The molecule has 2 N–H and O–H groups in total. The molecule has 0 fully saturated rings. The van der Waals surface area contributed by atoms with Gasteiger partial charge in [0.15, 0.2) is 0 Å². The summed E-state index contributed by atoms with van der Waals surface area (Å²) in [5, 5.41) is 7.65. The molecule has 7 heteroatoms. The monoisotopic (exact) mass is 230 g/mol. The molecule has 1 rings (SSSR count). The van der Waals surface area contributed by atoms with Crippen molar-refractivity contribution >= 4 is 17.7 Å². The Morgan fingerprint density at radius 3 is 2.93 bits per heavy atom. The Morgan fingerprint density at radius 2 is 2.47 bits per heavy atom. The molecule has 0 aromatic carbocycles. The average molecular weight is 230 g/mol. The first-order valence-electron chi connectivity index (χ1n) is 4.67. The average Bonchev–Trinajstić information content (AvgIpc) is 2.61. The van der Waals surface area contributed by atoms with E-state index >= 15 is 0 Å². The molecule has 6 nitrogen and oxygen atoms in total. The van der Waals surface area contributed by atoms with Gasteiger partial charge in [-0.05, 0) is 13.3 Å². The molecule has 0 bridgehead atoms. The van der Waals surface area contributed by atoms with Crippen molar-refractivity contribution in [3.63, 3.8) is 0 Å². The Labute approximate surface area is 92.2 Å². The lowest BCUT2D eigenvalue weighted by molar-refractivity contribution is -0.142. The van der Waals surface area contributed by atoms with Gasteiger partial charge in [0.2, 0.25) is 5.16 Å². The number of carbonyl (C=O) groups excluding carboxylic acids is 1. The maximum atomic E-state index is 11.5. The normalized spacial score (nSPS) is 12.4. The molecular weight excluding hydrogens is 216 g/mol. The van der Waals surface area contributed by atoms with Gasteiger partial charge in [-0.3, -0.25) is 4.79 Å². The van der Waals surface area contributed by atoms with Gasteiger partial charge < -0.3 is 10.6 Å². The summed E-state index contributed by atoms with van der Waals surface area (Å²) in [6, 6.07) is 0. The van der Waals surface area contributed by atoms with Crippen LogP contribution in [0.15, 0.2) is 11.5 Å². The summed E-state index contributed by atoms with van der Waals surface area (Å²) in [7, 11) is 0. The highest BCUT2D eigenvalue weighted by Crippen LogP contribution is 2.23. The molecule has 0 saturated carbocycles. The second-order valence-electron chi connectivity index (χ2n) is 2.79. The van der Waals surface area contributed by atoms with Crippen LogP contribution in [0, 0.1) is 0 Å². The number of hydrogen-bond acceptors (Lipinski definition) is 6. The van der Waals surface area contributed by atoms with Crippen LogP contribution < -0.4 is 5.84 Å². The van der Waals surface area contributed by atoms with Crippen molar-refractivity contribution in [2.75, 3.05) is 12.4 Å². The highest BCUT2D eigenvalue weighted by Gasteiger charge is 2.21. The Bertz CT molecular complexity index is 328. The van der Waals surface area contributed by atoms with Gasteiger partial charge in [-0.1, -0.05) is 18.7 Å². The molecule has 0 spiro atoms. The lowest BCUT2D eigenvalue weighted by Crippen LogP contribution is -2.21. The number of esters is 1. The molecule has 1 heterocycles. The second-order valence-corrected chi connectivity index (χ2v) is 3.96. The minimum Gasteiger partial charge on any atom is -0.465 e. The van der Waals surface area contributed by atoms with Crippen LogP contribution in [-0.4, -0.2) is 32.7 Å². The molecule has 0 radical (unpaired) electrons. The summed E-state index contributed by atoms with van der Waals surface area (Å²) in [5.41, 5.74) is 0. The third-order valence-electron chi connectivity index (χ3n) is 1.71. The number of nitrogens with two attached hydrogens (primary N) is 1. The minimum atomic E-state index is -0.281. The number of nitrogens with zero attached hydrogens (tertiary/aromatic N) is 3. The number of hydrogen-bond donors (Lipinski definition) is 1. The quantitative estimate of drug-likeness (QED) is 0.448. The van der Waals surface area contributed by atoms with Crippen molar-refractivity contribution in [3.8, 4) is 0 Å². The number of aromatic nitrogens is 3. The zero-order chi connectivity index (χ0) is 11.3. The topological polar surface area (TPSA) is 83.0 Å². The lowest BCUT2D eigenvalue weighted by Gasteiger charge is -2.11. The lowest BCUT2D eigenvalue weighted by atomic mass is 10.3. The Morgan fingerprint density at radius 1 is 1.73 bits per heavy atom. The van der Waals surface area contributed by atoms with E-state index in [1.165, 1.54) is 22.8 Å². The summed E-state index contributed by atoms with van der Waals surface area (Å²) < 4.78 is 6.21. The van der Waals surface area contributed by atoms with Crippen molar-refractivity contribution in [2.24, 2.45) is 0 Å². The number of carbonyl (C=O) groups is 1. The largest absolute Gasteiger partial charge is 0.465 e. The van der Waals surface area contributed by atoms with Crippen LogP contribution in [0.2, 0.25) is 0 Å². The fraction of sp³-hybridized carbons (Fsp3) is 0.625. The molecule has 1 aromatic rings. The second kappa shape index (κ2) is 5.59. The van der Waals surface area contributed by atoms with Crippen molar-refractivity contribution in [1.29, 1.82) is 0 Å². The Balaban J connectivity index is 2.61. The van der Waals surface area contributed by atoms with E-state index < -0.39 is 0 Å². The number of nitrogen functional groups attached to an aromatic ring is 1. The molecule has 1 aromatic heterocycles. The van der Waals surface area contributed by atoms with E-state index in [1.807, 2.05) is 6.92 Å². The summed E-state index contributed by atoms with van der Waals surface area (Å²) in [4.78, 5) is 11.5. The predicted molar refractivity (Wildman–Crippen MR) is 56.7 cm³/mol. The summed E-state index contributed by atoms with van der Waals surface area (Å²) >= 11 is 1.26. The van der Waals surface area contributed by atoms with Gasteiger partial charge in [-0.25, -0.2) is 4.68 Å². The van der Waals surface area contributed by atoms with E-state index in [-0.39, 0.29) is 11.2 Å². The molecule has 0 saturated heterocycles. The first kappa shape index (κ1) is 11.8. The molecule has 1 unspecified atom stereocenters. The minimum absolute atomic E-state index is 0.243. The van der Waals surface area contributed by atoms with Gasteiger partial charge in [0.1, 0.15) is 11.6 Å². The van der Waals surface area contributed by atoms with Crippen LogP contribution in [0.4, 0.5) is 0 Å². The summed E-state index contributed by atoms with van der Waals surface area (Å²) in [5.74, 6) is 5.29. The van der Waals surface area contributed by atoms with E-state index in [4.69, 9.17) is 10.6 Å². The van der Waals surface area contributed by atoms with Crippen molar-refractivity contribution in [3.05, 3.63) is 6.33 Å². The van der Waals surface area contributed by atoms with E-state index in [0.29, 0.717) is 18.2 Å². The van der Waals surface area contributed by atoms with Crippen LogP contribution >= 0.6 is 11.8 Å². The van der Waals surface area contributed by atoms with Crippen LogP contribution in [0.3, 0.4) is 0 Å².